The lowest BCUT2D eigenvalue weighted by Gasteiger charge is -2.14. The molecule has 208 valence electrons. The van der Waals surface area contributed by atoms with Gasteiger partial charge in [0.1, 0.15) is 0 Å². The van der Waals surface area contributed by atoms with Crippen LogP contribution in [0.2, 0.25) is 5.02 Å². The summed E-state index contributed by atoms with van der Waals surface area (Å²) in [6.45, 7) is 7.03. The van der Waals surface area contributed by atoms with Crippen LogP contribution in [0.15, 0.2) is 88.7 Å². The molecule has 0 saturated carbocycles. The highest BCUT2D eigenvalue weighted by molar-refractivity contribution is 7.93. The monoisotopic (exact) mass is 597 g/mol. The molecule has 0 saturated heterocycles. The Kier molecular flexibility index (Phi) is 8.25. The number of aryl methyl sites for hydroxylation is 3. The Hall–Kier alpha value is -3.86. The molecule has 11 heteroatoms. The van der Waals surface area contributed by atoms with Gasteiger partial charge in [-0.3, -0.25) is 14.2 Å². The average molecular weight is 598 g/mol. The zero-order chi connectivity index (χ0) is 29.2. The van der Waals surface area contributed by atoms with Gasteiger partial charge in [-0.2, -0.15) is 0 Å². The van der Waals surface area contributed by atoms with Crippen LogP contribution in [0.3, 0.4) is 0 Å². The van der Waals surface area contributed by atoms with Crippen molar-refractivity contribution in [2.24, 2.45) is 0 Å². The number of hydrogen-bond donors (Lipinski definition) is 3. The van der Waals surface area contributed by atoms with Crippen molar-refractivity contribution in [3.63, 3.8) is 0 Å². The van der Waals surface area contributed by atoms with Gasteiger partial charge in [-0.25, -0.2) is 16.8 Å². The summed E-state index contributed by atoms with van der Waals surface area (Å²) in [7, 11) is -7.88. The lowest BCUT2D eigenvalue weighted by atomic mass is 10.1. The number of carbonyl (C=O) groups is 1. The van der Waals surface area contributed by atoms with Crippen molar-refractivity contribution >= 4 is 54.6 Å². The number of halogens is 1. The van der Waals surface area contributed by atoms with Crippen molar-refractivity contribution in [1.82, 2.24) is 0 Å². The SMILES string of the molecule is Cc1ccc(C)c(NS(=O)(=O)c2cc(C(=O)Nc3ccc(S(=O)(=O)Nc4cccc(Cl)c4C)cc3)ccc2C)c1. The Morgan fingerprint density at radius 3 is 2.05 bits per heavy atom. The summed E-state index contributed by atoms with van der Waals surface area (Å²) in [5.74, 6) is -0.550. The molecular formula is C29H28ClN3O5S2. The number of anilines is 3. The minimum Gasteiger partial charge on any atom is -0.322 e. The Labute approximate surface area is 239 Å². The van der Waals surface area contributed by atoms with Crippen LogP contribution in [0.1, 0.15) is 32.6 Å². The molecule has 0 aliphatic carbocycles. The first-order chi connectivity index (χ1) is 18.8. The summed E-state index contributed by atoms with van der Waals surface area (Å²) >= 11 is 6.09. The topological polar surface area (TPSA) is 121 Å². The van der Waals surface area contributed by atoms with Gasteiger partial charge in [-0.05, 0) is 105 Å². The fraction of sp³-hybridized carbons (Fsp3) is 0.138. The minimum absolute atomic E-state index is 0.00823. The zero-order valence-corrected chi connectivity index (χ0v) is 24.6. The normalized spacial score (nSPS) is 11.6. The molecular weight excluding hydrogens is 570 g/mol. The second-order valence-electron chi connectivity index (χ2n) is 9.40. The van der Waals surface area contributed by atoms with E-state index in [0.29, 0.717) is 33.2 Å². The summed E-state index contributed by atoms with van der Waals surface area (Å²) in [4.78, 5) is 13.0. The quantitative estimate of drug-likeness (QED) is 0.216. The molecule has 8 nitrogen and oxygen atoms in total. The molecule has 0 radical (unpaired) electrons. The van der Waals surface area contributed by atoms with Gasteiger partial charge in [-0.1, -0.05) is 35.9 Å². The van der Waals surface area contributed by atoms with Gasteiger partial charge in [0.2, 0.25) is 0 Å². The molecule has 0 aliphatic rings. The van der Waals surface area contributed by atoms with Crippen LogP contribution in [0.5, 0.6) is 0 Å². The summed E-state index contributed by atoms with van der Waals surface area (Å²) in [6, 6.07) is 20.4. The number of carbonyl (C=O) groups excluding carboxylic acids is 1. The molecule has 4 rings (SSSR count). The first kappa shape index (κ1) is 29.1. The Morgan fingerprint density at radius 1 is 0.700 bits per heavy atom. The number of benzene rings is 4. The second-order valence-corrected chi connectivity index (χ2v) is 13.1. The van der Waals surface area contributed by atoms with Crippen molar-refractivity contribution < 1.29 is 21.6 Å². The maximum absolute atomic E-state index is 13.2. The average Bonchev–Trinajstić information content (AvgIpc) is 2.89. The number of sulfonamides is 2. The molecule has 0 aliphatic heterocycles. The number of amides is 1. The molecule has 0 bridgehead atoms. The Bertz CT molecular complexity index is 1820. The highest BCUT2D eigenvalue weighted by atomic mass is 35.5. The summed E-state index contributed by atoms with van der Waals surface area (Å²) in [5, 5.41) is 3.12. The van der Waals surface area contributed by atoms with Crippen LogP contribution in [0.4, 0.5) is 17.1 Å². The molecule has 40 heavy (non-hydrogen) atoms. The van der Waals surface area contributed by atoms with E-state index in [2.05, 4.69) is 14.8 Å². The van der Waals surface area contributed by atoms with E-state index in [9.17, 15) is 21.6 Å². The van der Waals surface area contributed by atoms with Crippen LogP contribution in [-0.2, 0) is 20.0 Å². The van der Waals surface area contributed by atoms with E-state index in [4.69, 9.17) is 11.6 Å². The Morgan fingerprint density at radius 2 is 1.35 bits per heavy atom. The van der Waals surface area contributed by atoms with E-state index >= 15 is 0 Å². The smallest absolute Gasteiger partial charge is 0.262 e. The van der Waals surface area contributed by atoms with Crippen molar-refractivity contribution in [3.8, 4) is 0 Å². The predicted molar refractivity (Wildman–Crippen MR) is 159 cm³/mol. The van der Waals surface area contributed by atoms with Gasteiger partial charge < -0.3 is 5.32 Å². The van der Waals surface area contributed by atoms with E-state index in [0.717, 1.165) is 11.1 Å². The molecule has 0 spiro atoms. The third kappa shape index (κ3) is 6.47. The zero-order valence-electron chi connectivity index (χ0n) is 22.2. The maximum atomic E-state index is 13.2. The van der Waals surface area contributed by atoms with Crippen molar-refractivity contribution in [1.29, 1.82) is 0 Å². The van der Waals surface area contributed by atoms with Crippen LogP contribution in [0, 0.1) is 27.7 Å². The first-order valence-corrected chi connectivity index (χ1v) is 15.5. The van der Waals surface area contributed by atoms with Crippen LogP contribution in [0.25, 0.3) is 0 Å². The molecule has 0 unspecified atom stereocenters. The minimum atomic E-state index is -3.98. The van der Waals surface area contributed by atoms with Gasteiger partial charge in [-0.15, -0.1) is 0 Å². The van der Waals surface area contributed by atoms with Crippen LogP contribution in [-0.4, -0.2) is 22.7 Å². The molecule has 4 aromatic carbocycles. The number of rotatable bonds is 8. The first-order valence-electron chi connectivity index (χ1n) is 12.2. The third-order valence-corrected chi connectivity index (χ3v) is 9.61. The lowest BCUT2D eigenvalue weighted by molar-refractivity contribution is 0.102. The summed E-state index contributed by atoms with van der Waals surface area (Å²) in [6.07, 6.45) is 0. The Balaban J connectivity index is 1.52. The van der Waals surface area contributed by atoms with Crippen molar-refractivity contribution in [2.45, 2.75) is 37.5 Å². The van der Waals surface area contributed by atoms with E-state index in [1.54, 1.807) is 51.1 Å². The molecule has 0 fully saturated rings. The highest BCUT2D eigenvalue weighted by Crippen LogP contribution is 2.27. The van der Waals surface area contributed by atoms with E-state index in [-0.39, 0.29) is 15.4 Å². The highest BCUT2D eigenvalue weighted by Gasteiger charge is 2.21. The van der Waals surface area contributed by atoms with Gasteiger partial charge in [0.25, 0.3) is 26.0 Å². The van der Waals surface area contributed by atoms with Crippen molar-refractivity contribution in [2.75, 3.05) is 14.8 Å². The largest absolute Gasteiger partial charge is 0.322 e. The van der Waals surface area contributed by atoms with Gasteiger partial charge in [0, 0.05) is 16.3 Å². The summed E-state index contributed by atoms with van der Waals surface area (Å²) < 4.78 is 57.2. The standard InChI is InChI=1S/C29H28ClN3O5S2/c1-18-8-9-19(2)27(16-18)33-40(37,38)28-17-22(11-10-20(28)3)29(34)31-23-12-14-24(15-13-23)39(35,36)32-26-7-5-6-25(30)21(26)4/h5-17,32-33H,1-4H3,(H,31,34). The molecule has 0 heterocycles. The maximum Gasteiger partial charge on any atom is 0.262 e. The molecule has 4 aromatic rings. The van der Waals surface area contributed by atoms with E-state index in [1.165, 1.54) is 36.4 Å². The molecule has 0 aromatic heterocycles. The number of nitrogens with one attached hydrogen (secondary N) is 3. The summed E-state index contributed by atoms with van der Waals surface area (Å²) in [5.41, 5.74) is 4.03. The van der Waals surface area contributed by atoms with E-state index in [1.807, 2.05) is 19.1 Å². The van der Waals surface area contributed by atoms with Crippen LogP contribution < -0.4 is 14.8 Å². The van der Waals surface area contributed by atoms with Gasteiger partial charge in [0.15, 0.2) is 0 Å². The fourth-order valence-electron chi connectivity index (χ4n) is 3.92. The van der Waals surface area contributed by atoms with Gasteiger partial charge >= 0.3 is 0 Å². The second kappa shape index (κ2) is 11.3. The lowest BCUT2D eigenvalue weighted by Crippen LogP contribution is -2.18. The molecule has 1 amide bonds. The van der Waals surface area contributed by atoms with Crippen molar-refractivity contribution in [3.05, 3.63) is 112 Å². The number of hydrogen-bond acceptors (Lipinski definition) is 5. The molecule has 3 N–H and O–H groups in total. The van der Waals surface area contributed by atoms with E-state index < -0.39 is 26.0 Å². The fourth-order valence-corrected chi connectivity index (χ4v) is 6.61. The molecule has 0 atom stereocenters. The third-order valence-electron chi connectivity index (χ3n) is 6.31. The van der Waals surface area contributed by atoms with Gasteiger partial charge in [0.05, 0.1) is 21.2 Å². The predicted octanol–water partition coefficient (Wildman–Crippen LogP) is 6.43. The van der Waals surface area contributed by atoms with Crippen LogP contribution >= 0.6 is 11.6 Å².